The maximum atomic E-state index is 4.19. The van der Waals surface area contributed by atoms with Gasteiger partial charge in [0.1, 0.15) is 0 Å². The van der Waals surface area contributed by atoms with E-state index in [0.717, 1.165) is 6.04 Å². The first-order chi connectivity index (χ1) is 14.4. The zero-order valence-corrected chi connectivity index (χ0v) is 18.5. The summed E-state index contributed by atoms with van der Waals surface area (Å²) >= 11 is 0. The summed E-state index contributed by atoms with van der Waals surface area (Å²) in [4.78, 5) is 0. The maximum absolute atomic E-state index is 4.19. The second-order valence-electron chi connectivity index (χ2n) is 9.30. The molecular formula is C28H43N. The van der Waals surface area contributed by atoms with E-state index in [1.807, 2.05) is 0 Å². The lowest BCUT2D eigenvalue weighted by atomic mass is 9.79. The van der Waals surface area contributed by atoms with E-state index in [9.17, 15) is 0 Å². The van der Waals surface area contributed by atoms with Gasteiger partial charge in [-0.05, 0) is 37.2 Å². The van der Waals surface area contributed by atoms with E-state index < -0.39 is 0 Å². The minimum Gasteiger partial charge on any atom is -0.311 e. The Labute approximate surface area is 180 Å². The highest BCUT2D eigenvalue weighted by Gasteiger charge is 2.27. The molecule has 2 aliphatic carbocycles. The minimum atomic E-state index is 0.647. The van der Waals surface area contributed by atoms with Gasteiger partial charge < -0.3 is 5.32 Å². The van der Waals surface area contributed by atoms with Crippen LogP contribution in [0.5, 0.6) is 0 Å². The van der Waals surface area contributed by atoms with Crippen LogP contribution in [-0.4, -0.2) is 12.1 Å². The smallest absolute Gasteiger partial charge is 0.0138 e. The van der Waals surface area contributed by atoms with Crippen LogP contribution in [0.15, 0.2) is 54.6 Å². The van der Waals surface area contributed by atoms with Crippen LogP contribution in [-0.2, 0) is 0 Å². The van der Waals surface area contributed by atoms with Gasteiger partial charge in [0, 0.05) is 12.1 Å². The molecule has 29 heavy (non-hydrogen) atoms. The molecule has 2 aliphatic rings. The Morgan fingerprint density at radius 1 is 0.483 bits per heavy atom. The summed E-state index contributed by atoms with van der Waals surface area (Å²) in [6.07, 6.45) is 21.2. The second kappa shape index (κ2) is 13.8. The molecular weight excluding hydrogens is 350 g/mol. The van der Waals surface area contributed by atoms with Crippen molar-refractivity contribution in [1.82, 2.24) is 5.32 Å². The fourth-order valence-corrected chi connectivity index (χ4v) is 5.32. The van der Waals surface area contributed by atoms with Crippen molar-refractivity contribution in [1.29, 1.82) is 0 Å². The monoisotopic (exact) mass is 393 g/mol. The molecule has 0 heterocycles. The predicted molar refractivity (Wildman–Crippen MR) is 127 cm³/mol. The van der Waals surface area contributed by atoms with E-state index in [1.54, 1.807) is 0 Å². The van der Waals surface area contributed by atoms with E-state index in [2.05, 4.69) is 59.9 Å². The summed E-state index contributed by atoms with van der Waals surface area (Å²) in [5.41, 5.74) is 1.51. The van der Waals surface area contributed by atoms with Crippen LogP contribution in [0.2, 0.25) is 0 Å². The lowest BCUT2D eigenvalue weighted by Gasteiger charge is -2.36. The molecule has 3 rings (SSSR count). The summed E-state index contributed by atoms with van der Waals surface area (Å²) in [5.74, 6) is 0.655. The molecule has 0 amide bonds. The van der Waals surface area contributed by atoms with Crippen LogP contribution in [0.1, 0.15) is 108 Å². The van der Waals surface area contributed by atoms with E-state index in [0.29, 0.717) is 12.0 Å². The SMILES string of the molecule is c1ccccc(C2CCCCC2NC2CCCCCCCCCCC2)cccc1. The van der Waals surface area contributed by atoms with Gasteiger partial charge in [-0.3, -0.25) is 0 Å². The Morgan fingerprint density at radius 2 is 0.931 bits per heavy atom. The Kier molecular flexibility index (Phi) is 10.6. The van der Waals surface area contributed by atoms with Gasteiger partial charge in [-0.2, -0.15) is 0 Å². The van der Waals surface area contributed by atoms with Crippen LogP contribution in [0.3, 0.4) is 0 Å². The fraction of sp³-hybridized carbons (Fsp3) is 0.643. The molecule has 160 valence electrons. The number of hydrogen-bond acceptors (Lipinski definition) is 1. The molecule has 1 aromatic rings. The van der Waals surface area contributed by atoms with Gasteiger partial charge >= 0.3 is 0 Å². The first-order valence-corrected chi connectivity index (χ1v) is 12.6. The molecule has 1 N–H and O–H groups in total. The van der Waals surface area contributed by atoms with Crippen LogP contribution in [0.25, 0.3) is 0 Å². The molecule has 0 spiro atoms. The first-order valence-electron chi connectivity index (χ1n) is 12.6. The molecule has 1 nitrogen and oxygen atoms in total. The highest BCUT2D eigenvalue weighted by atomic mass is 15.0. The molecule has 0 radical (unpaired) electrons. The average molecular weight is 394 g/mol. The van der Waals surface area contributed by atoms with Crippen LogP contribution < -0.4 is 5.32 Å². The van der Waals surface area contributed by atoms with E-state index in [4.69, 9.17) is 0 Å². The highest BCUT2D eigenvalue weighted by Crippen LogP contribution is 2.33. The van der Waals surface area contributed by atoms with E-state index >= 15 is 0 Å². The third kappa shape index (κ3) is 8.51. The van der Waals surface area contributed by atoms with Crippen molar-refractivity contribution < 1.29 is 0 Å². The van der Waals surface area contributed by atoms with Crippen molar-refractivity contribution in [2.24, 2.45) is 0 Å². The van der Waals surface area contributed by atoms with Crippen molar-refractivity contribution in [3.63, 3.8) is 0 Å². The van der Waals surface area contributed by atoms with Gasteiger partial charge in [-0.15, -0.1) is 0 Å². The number of nitrogens with one attached hydrogen (secondary N) is 1. The Hall–Kier alpha value is -1.34. The van der Waals surface area contributed by atoms with Crippen LogP contribution in [0, 0.1) is 0 Å². The Balaban J connectivity index is 1.67. The molecule has 0 bridgehead atoms. The average Bonchev–Trinajstić information content (AvgIpc) is 2.74. The number of rotatable bonds is 3. The molecule has 2 atom stereocenters. The Bertz CT molecular complexity index is 572. The van der Waals surface area contributed by atoms with Crippen molar-refractivity contribution in [3.05, 3.63) is 60.2 Å². The van der Waals surface area contributed by atoms with Crippen molar-refractivity contribution >= 4 is 0 Å². The zero-order chi connectivity index (χ0) is 20.0. The summed E-state index contributed by atoms with van der Waals surface area (Å²) in [6.45, 7) is 0. The van der Waals surface area contributed by atoms with Gasteiger partial charge in [0.25, 0.3) is 0 Å². The standard InChI is InChI=1S/C28H43N/c1-2-7-11-15-21-26(22-16-12-8-3-1)29-28-24-18-17-23-27(28)25-19-13-9-5-4-6-10-14-20-25/h4-6,9-10,13-14,19-20,26-29H,1-3,7-8,11-12,15-18,21-24H2. The lowest BCUT2D eigenvalue weighted by Crippen LogP contribution is -2.43. The molecule has 0 saturated heterocycles. The van der Waals surface area contributed by atoms with Gasteiger partial charge in [0.15, 0.2) is 0 Å². The van der Waals surface area contributed by atoms with E-state index in [-0.39, 0.29) is 0 Å². The molecule has 1 aromatic carbocycles. The normalized spacial score (nSPS) is 25.2. The molecule has 2 fully saturated rings. The molecule has 0 aromatic heterocycles. The third-order valence-corrected chi connectivity index (χ3v) is 6.99. The van der Waals surface area contributed by atoms with Crippen molar-refractivity contribution in [2.75, 3.05) is 0 Å². The van der Waals surface area contributed by atoms with Gasteiger partial charge in [0.05, 0.1) is 0 Å². The highest BCUT2D eigenvalue weighted by molar-refractivity contribution is 5.20. The second-order valence-corrected chi connectivity index (χ2v) is 9.30. The Morgan fingerprint density at radius 3 is 1.52 bits per heavy atom. The van der Waals surface area contributed by atoms with Gasteiger partial charge in [0.2, 0.25) is 0 Å². The summed E-state index contributed by atoms with van der Waals surface area (Å²) < 4.78 is 0. The maximum Gasteiger partial charge on any atom is 0.0138 e. The lowest BCUT2D eigenvalue weighted by molar-refractivity contribution is 0.278. The minimum absolute atomic E-state index is 0.647. The fourth-order valence-electron chi connectivity index (χ4n) is 5.32. The van der Waals surface area contributed by atoms with E-state index in [1.165, 1.54) is 102 Å². The quantitative estimate of drug-likeness (QED) is 0.547. The molecule has 2 unspecified atom stereocenters. The van der Waals surface area contributed by atoms with Gasteiger partial charge in [-0.25, -0.2) is 0 Å². The van der Waals surface area contributed by atoms with Crippen LogP contribution in [0.4, 0.5) is 0 Å². The topological polar surface area (TPSA) is 12.0 Å². The van der Waals surface area contributed by atoms with Crippen LogP contribution >= 0.6 is 0 Å². The van der Waals surface area contributed by atoms with Crippen molar-refractivity contribution in [3.8, 4) is 0 Å². The summed E-state index contributed by atoms with van der Waals surface area (Å²) in [5, 5.41) is 4.19. The summed E-state index contributed by atoms with van der Waals surface area (Å²) in [6, 6.07) is 21.1. The first kappa shape index (κ1) is 22.3. The number of hydrogen-bond donors (Lipinski definition) is 1. The summed E-state index contributed by atoms with van der Waals surface area (Å²) in [7, 11) is 0. The van der Waals surface area contributed by atoms with Crippen molar-refractivity contribution in [2.45, 2.75) is 114 Å². The predicted octanol–water partition coefficient (Wildman–Crippen LogP) is 8.10. The largest absolute Gasteiger partial charge is 0.311 e. The molecule has 2 saturated carbocycles. The third-order valence-electron chi connectivity index (χ3n) is 6.99. The molecule has 0 aliphatic heterocycles. The molecule has 1 heteroatoms. The zero-order valence-electron chi connectivity index (χ0n) is 18.5. The van der Waals surface area contributed by atoms with Gasteiger partial charge in [-0.1, -0.05) is 125 Å².